The zero-order chi connectivity index (χ0) is 10.3. The second-order valence-electron chi connectivity index (χ2n) is 3.87. The van der Waals surface area contributed by atoms with Gasteiger partial charge in [-0.1, -0.05) is 22.0 Å². The number of rotatable bonds is 1. The number of hydrogen-bond acceptors (Lipinski definition) is 2. The Labute approximate surface area is 96.9 Å². The Bertz CT molecular complexity index is 479. The number of alkyl halides is 1. The third-order valence-corrected chi connectivity index (χ3v) is 3.61. The molecule has 0 bridgehead atoms. The fourth-order valence-electron chi connectivity index (χ4n) is 2.12. The molecule has 0 amide bonds. The van der Waals surface area contributed by atoms with Crippen molar-refractivity contribution in [3.8, 4) is 0 Å². The van der Waals surface area contributed by atoms with Gasteiger partial charge in [0.2, 0.25) is 0 Å². The van der Waals surface area contributed by atoms with Crippen LogP contribution in [0.5, 0.6) is 0 Å². The van der Waals surface area contributed by atoms with Gasteiger partial charge in [-0.05, 0) is 18.6 Å². The second-order valence-corrected chi connectivity index (χ2v) is 5.17. The fraction of sp³-hybridized carbons (Fsp3) is 0.364. The zero-order valence-corrected chi connectivity index (χ0v) is 9.89. The van der Waals surface area contributed by atoms with E-state index in [-0.39, 0.29) is 0 Å². The Kier molecular flexibility index (Phi) is 2.16. The van der Waals surface area contributed by atoms with Crippen molar-refractivity contribution in [3.63, 3.8) is 0 Å². The molecule has 0 aromatic carbocycles. The number of pyridine rings is 1. The van der Waals surface area contributed by atoms with Crippen LogP contribution in [0.15, 0.2) is 30.6 Å². The van der Waals surface area contributed by atoms with E-state index in [2.05, 4.69) is 42.3 Å². The Morgan fingerprint density at radius 1 is 1.40 bits per heavy atom. The predicted octanol–water partition coefficient (Wildman–Crippen LogP) is 2.31. The van der Waals surface area contributed by atoms with Crippen molar-refractivity contribution in [2.75, 3.05) is 18.0 Å². The quantitative estimate of drug-likeness (QED) is 0.738. The summed E-state index contributed by atoms with van der Waals surface area (Å²) in [6.07, 6.45) is 5.08. The topological polar surface area (TPSA) is 20.5 Å². The van der Waals surface area contributed by atoms with Gasteiger partial charge in [-0.15, -0.1) is 0 Å². The van der Waals surface area contributed by atoms with Gasteiger partial charge in [-0.3, -0.25) is 4.40 Å². The van der Waals surface area contributed by atoms with Crippen molar-refractivity contribution in [2.24, 2.45) is 0 Å². The third kappa shape index (κ3) is 1.53. The van der Waals surface area contributed by atoms with Gasteiger partial charge < -0.3 is 4.90 Å². The first-order valence-corrected chi connectivity index (χ1v) is 6.07. The van der Waals surface area contributed by atoms with E-state index in [0.29, 0.717) is 4.83 Å². The van der Waals surface area contributed by atoms with E-state index in [9.17, 15) is 0 Å². The molecule has 1 aliphatic heterocycles. The summed E-state index contributed by atoms with van der Waals surface area (Å²) < 4.78 is 2.14. The van der Waals surface area contributed by atoms with Crippen LogP contribution in [0.1, 0.15) is 6.42 Å². The summed E-state index contributed by atoms with van der Waals surface area (Å²) >= 11 is 3.66. The van der Waals surface area contributed by atoms with Crippen LogP contribution in [0.2, 0.25) is 0 Å². The molecule has 0 saturated carbocycles. The van der Waals surface area contributed by atoms with E-state index >= 15 is 0 Å². The van der Waals surface area contributed by atoms with Crippen LogP contribution in [0.3, 0.4) is 0 Å². The van der Waals surface area contributed by atoms with Crippen LogP contribution in [0, 0.1) is 0 Å². The lowest BCUT2D eigenvalue weighted by Gasteiger charge is -2.19. The van der Waals surface area contributed by atoms with Crippen LogP contribution in [0.4, 0.5) is 5.82 Å². The van der Waals surface area contributed by atoms with Gasteiger partial charge in [0, 0.05) is 30.3 Å². The van der Waals surface area contributed by atoms with Crippen LogP contribution < -0.4 is 4.90 Å². The summed E-state index contributed by atoms with van der Waals surface area (Å²) in [7, 11) is 0. The average molecular weight is 266 g/mol. The van der Waals surface area contributed by atoms with Crippen LogP contribution >= 0.6 is 15.9 Å². The molecule has 0 spiro atoms. The molecule has 15 heavy (non-hydrogen) atoms. The molecule has 4 heteroatoms. The van der Waals surface area contributed by atoms with E-state index in [0.717, 1.165) is 18.7 Å². The van der Waals surface area contributed by atoms with Crippen LogP contribution in [0.25, 0.3) is 5.65 Å². The standard InChI is InChI=1S/C11H12BrN3/c12-9-4-6-14(8-9)11-3-1-2-10-13-5-7-15(10)11/h1-3,5,7,9H,4,6,8H2. The first kappa shape index (κ1) is 9.21. The van der Waals surface area contributed by atoms with Crippen molar-refractivity contribution in [1.29, 1.82) is 0 Å². The molecule has 2 aromatic heterocycles. The fourth-order valence-corrected chi connectivity index (χ4v) is 2.67. The van der Waals surface area contributed by atoms with E-state index in [4.69, 9.17) is 0 Å². The highest BCUT2D eigenvalue weighted by Crippen LogP contribution is 2.24. The molecular formula is C11H12BrN3. The number of nitrogens with zero attached hydrogens (tertiary/aromatic N) is 3. The third-order valence-electron chi connectivity index (χ3n) is 2.86. The summed E-state index contributed by atoms with van der Waals surface area (Å²) in [4.78, 5) is 7.31. The number of halogens is 1. The lowest BCUT2D eigenvalue weighted by Crippen LogP contribution is -2.21. The van der Waals surface area contributed by atoms with Crippen LogP contribution in [-0.4, -0.2) is 27.3 Å². The van der Waals surface area contributed by atoms with Gasteiger partial charge in [0.1, 0.15) is 11.5 Å². The average Bonchev–Trinajstić information content (AvgIpc) is 2.84. The molecule has 1 aliphatic rings. The van der Waals surface area contributed by atoms with Gasteiger partial charge in [0.15, 0.2) is 0 Å². The van der Waals surface area contributed by atoms with Crippen molar-refractivity contribution in [3.05, 3.63) is 30.6 Å². The highest BCUT2D eigenvalue weighted by molar-refractivity contribution is 9.09. The molecule has 3 heterocycles. The molecule has 1 fully saturated rings. The first-order chi connectivity index (χ1) is 7.34. The number of imidazole rings is 1. The van der Waals surface area contributed by atoms with Gasteiger partial charge in [0.05, 0.1) is 0 Å². The molecule has 1 saturated heterocycles. The second kappa shape index (κ2) is 3.52. The monoisotopic (exact) mass is 265 g/mol. The Morgan fingerprint density at radius 2 is 2.33 bits per heavy atom. The summed E-state index contributed by atoms with van der Waals surface area (Å²) in [5.74, 6) is 1.24. The molecule has 3 rings (SSSR count). The highest BCUT2D eigenvalue weighted by atomic mass is 79.9. The van der Waals surface area contributed by atoms with Gasteiger partial charge in [0.25, 0.3) is 0 Å². The predicted molar refractivity (Wildman–Crippen MR) is 64.7 cm³/mol. The summed E-state index contributed by atoms with van der Waals surface area (Å²) in [6.45, 7) is 2.20. The smallest absolute Gasteiger partial charge is 0.138 e. The molecule has 1 atom stereocenters. The molecular weight excluding hydrogens is 254 g/mol. The molecule has 3 nitrogen and oxygen atoms in total. The maximum absolute atomic E-state index is 4.29. The minimum Gasteiger partial charge on any atom is -0.357 e. The molecule has 1 unspecified atom stereocenters. The van der Waals surface area contributed by atoms with E-state index in [1.165, 1.54) is 12.2 Å². The zero-order valence-electron chi connectivity index (χ0n) is 8.31. The minimum absolute atomic E-state index is 0.622. The van der Waals surface area contributed by atoms with Crippen molar-refractivity contribution >= 4 is 27.4 Å². The van der Waals surface area contributed by atoms with Gasteiger partial charge in [-0.25, -0.2) is 4.98 Å². The highest BCUT2D eigenvalue weighted by Gasteiger charge is 2.21. The van der Waals surface area contributed by atoms with Crippen molar-refractivity contribution < 1.29 is 0 Å². The maximum atomic E-state index is 4.29. The lowest BCUT2D eigenvalue weighted by atomic mass is 10.4. The molecule has 0 radical (unpaired) electrons. The Hall–Kier alpha value is -1.03. The molecule has 0 aliphatic carbocycles. The maximum Gasteiger partial charge on any atom is 0.138 e. The number of anilines is 1. The minimum atomic E-state index is 0.622. The number of aromatic nitrogens is 2. The van der Waals surface area contributed by atoms with Crippen molar-refractivity contribution in [1.82, 2.24) is 9.38 Å². The normalized spacial score (nSPS) is 21.4. The van der Waals surface area contributed by atoms with Crippen molar-refractivity contribution in [2.45, 2.75) is 11.2 Å². The van der Waals surface area contributed by atoms with Gasteiger partial charge >= 0.3 is 0 Å². The summed E-state index contributed by atoms with van der Waals surface area (Å²) in [5, 5.41) is 0. The Balaban J connectivity index is 2.06. The summed E-state index contributed by atoms with van der Waals surface area (Å²) in [5.41, 5.74) is 1.02. The first-order valence-electron chi connectivity index (χ1n) is 5.16. The Morgan fingerprint density at radius 3 is 3.13 bits per heavy atom. The molecule has 78 valence electrons. The van der Waals surface area contributed by atoms with Gasteiger partial charge in [-0.2, -0.15) is 0 Å². The SMILES string of the molecule is BrC1CCN(c2cccc3nccn23)C1. The number of fused-ring (bicyclic) bond motifs is 1. The van der Waals surface area contributed by atoms with E-state index in [1.54, 1.807) is 0 Å². The van der Waals surface area contributed by atoms with E-state index < -0.39 is 0 Å². The molecule has 0 N–H and O–H groups in total. The summed E-state index contributed by atoms with van der Waals surface area (Å²) in [6, 6.07) is 6.25. The molecule has 2 aromatic rings. The van der Waals surface area contributed by atoms with Crippen LogP contribution in [-0.2, 0) is 0 Å². The number of hydrogen-bond donors (Lipinski definition) is 0. The largest absolute Gasteiger partial charge is 0.357 e. The van der Waals surface area contributed by atoms with E-state index in [1.807, 2.05) is 18.5 Å². The lowest BCUT2D eigenvalue weighted by molar-refractivity contribution is 0.919.